The fourth-order valence-electron chi connectivity index (χ4n) is 6.30. The van der Waals surface area contributed by atoms with Gasteiger partial charge >= 0.3 is 6.01 Å². The van der Waals surface area contributed by atoms with Crippen LogP contribution in [0.5, 0.6) is 6.01 Å². The molecule has 0 spiro atoms. The Balaban J connectivity index is 1.40. The maximum atomic E-state index is 14.5. The Labute approximate surface area is 269 Å². The van der Waals surface area contributed by atoms with E-state index >= 15 is 0 Å². The van der Waals surface area contributed by atoms with E-state index in [0.717, 1.165) is 18.2 Å². The first-order valence-electron chi connectivity index (χ1n) is 14.9. The van der Waals surface area contributed by atoms with Gasteiger partial charge in [-0.15, -0.1) is 0 Å². The molecule has 7 nitrogen and oxygen atoms in total. The number of halogens is 5. The fraction of sp³-hybridized carbons (Fsp3) is 0.364. The minimum Gasteiger partial charge on any atom is -0.462 e. The molecule has 2 saturated heterocycles. The molecule has 2 fully saturated rings. The summed E-state index contributed by atoms with van der Waals surface area (Å²) in [5.41, 5.74) is 1.70. The van der Waals surface area contributed by atoms with Crippen LogP contribution >= 0.6 is 23.2 Å². The van der Waals surface area contributed by atoms with Crippen LogP contribution in [0.1, 0.15) is 25.7 Å². The number of fused-ring (bicyclic) bond motifs is 2. The van der Waals surface area contributed by atoms with Crippen LogP contribution in [0, 0.1) is 5.82 Å². The van der Waals surface area contributed by atoms with E-state index in [-0.39, 0.29) is 36.3 Å². The number of alkyl halides is 1. The first kappa shape index (κ1) is 31.4. The van der Waals surface area contributed by atoms with Gasteiger partial charge in [-0.3, -0.25) is 9.69 Å². The lowest BCUT2D eigenvalue weighted by Gasteiger charge is -2.35. The van der Waals surface area contributed by atoms with Crippen molar-refractivity contribution in [3.63, 3.8) is 0 Å². The van der Waals surface area contributed by atoms with Gasteiger partial charge in [0.25, 0.3) is 5.91 Å². The molecule has 3 aromatic carbocycles. The van der Waals surface area contributed by atoms with Crippen molar-refractivity contribution in [1.82, 2.24) is 19.8 Å². The molecule has 0 aliphatic carbocycles. The molecular weight excluding hydrogens is 626 g/mol. The molecule has 0 unspecified atom stereocenters. The first-order chi connectivity index (χ1) is 21.6. The summed E-state index contributed by atoms with van der Waals surface area (Å²) in [5, 5.41) is 5.52. The normalized spacial score (nSPS) is 20.6. The molecule has 12 heteroatoms. The number of anilines is 1. The minimum absolute atomic E-state index is 0.0114. The number of nitrogens with one attached hydrogen (secondary N) is 1. The summed E-state index contributed by atoms with van der Waals surface area (Å²) in [7, 11) is 1.84. The summed E-state index contributed by atoms with van der Waals surface area (Å²) in [6, 6.07) is 11.6. The van der Waals surface area contributed by atoms with Gasteiger partial charge in [0.15, 0.2) is 5.83 Å². The Morgan fingerprint density at radius 2 is 1.96 bits per heavy atom. The van der Waals surface area contributed by atoms with Crippen molar-refractivity contribution in [2.45, 2.75) is 43.9 Å². The largest absolute Gasteiger partial charge is 0.462 e. The van der Waals surface area contributed by atoms with E-state index in [4.69, 9.17) is 27.9 Å². The highest BCUT2D eigenvalue weighted by Gasteiger charge is 2.31. The van der Waals surface area contributed by atoms with Crippen molar-refractivity contribution in [2.24, 2.45) is 0 Å². The Morgan fingerprint density at radius 3 is 2.71 bits per heavy atom. The third-order valence-electron chi connectivity index (χ3n) is 8.66. The number of hydrogen-bond acceptors (Lipinski definition) is 6. The Kier molecular flexibility index (Phi) is 9.08. The van der Waals surface area contributed by atoms with Gasteiger partial charge in [-0.2, -0.15) is 9.97 Å². The van der Waals surface area contributed by atoms with Crippen LogP contribution in [-0.4, -0.2) is 77.2 Å². The van der Waals surface area contributed by atoms with E-state index in [0.29, 0.717) is 64.2 Å². The number of nitrogens with zero attached hydrogens (tertiary/aromatic N) is 4. The van der Waals surface area contributed by atoms with Crippen molar-refractivity contribution in [2.75, 3.05) is 38.6 Å². The smallest absolute Gasteiger partial charge is 0.318 e. The number of benzene rings is 3. The highest BCUT2D eigenvalue weighted by Crippen LogP contribution is 2.41. The number of carbonyl (C=O) groups excluding carboxylic acids is 1. The Hall–Kier alpha value is -3.60. The predicted molar refractivity (Wildman–Crippen MR) is 172 cm³/mol. The SMILES string of the molecule is C=C(F)C(=O)N1CCCC[C@H]1CNc1nc(OC[C@@H]2C[C@@H](F)CN2C)nc2cc(-c3cccc4ccc(F)c(Cl)c34)c(Cl)cc12. The number of hydrogen-bond donors (Lipinski definition) is 1. The van der Waals surface area contributed by atoms with Crippen molar-refractivity contribution >= 4 is 56.6 Å². The quantitative estimate of drug-likeness (QED) is 0.197. The molecule has 45 heavy (non-hydrogen) atoms. The van der Waals surface area contributed by atoms with Gasteiger partial charge in [0.05, 0.1) is 10.5 Å². The molecule has 3 atom stereocenters. The molecule has 0 bridgehead atoms. The maximum Gasteiger partial charge on any atom is 0.318 e. The predicted octanol–water partition coefficient (Wildman–Crippen LogP) is 7.59. The average molecular weight is 659 g/mol. The van der Waals surface area contributed by atoms with Gasteiger partial charge in [0.1, 0.15) is 24.4 Å². The van der Waals surface area contributed by atoms with E-state index in [1.165, 1.54) is 11.0 Å². The Bertz CT molecular complexity index is 1790. The van der Waals surface area contributed by atoms with E-state index < -0.39 is 23.7 Å². The highest BCUT2D eigenvalue weighted by atomic mass is 35.5. The number of likely N-dealkylation sites (N-methyl/N-ethyl adjacent to an activating group) is 1. The maximum absolute atomic E-state index is 14.5. The zero-order valence-electron chi connectivity index (χ0n) is 24.6. The van der Waals surface area contributed by atoms with Gasteiger partial charge in [-0.1, -0.05) is 54.0 Å². The second-order valence-electron chi connectivity index (χ2n) is 11.6. The molecular formula is C33H32Cl2F3N5O2. The van der Waals surface area contributed by atoms with Crippen LogP contribution in [0.2, 0.25) is 10.0 Å². The molecule has 1 aromatic heterocycles. The molecule has 2 aliphatic heterocycles. The molecule has 2 aliphatic rings. The summed E-state index contributed by atoms with van der Waals surface area (Å²) >= 11 is 13.3. The zero-order valence-corrected chi connectivity index (χ0v) is 26.1. The van der Waals surface area contributed by atoms with Gasteiger partial charge in [0, 0.05) is 53.1 Å². The molecule has 0 saturated carbocycles. The van der Waals surface area contributed by atoms with Crippen LogP contribution < -0.4 is 10.1 Å². The number of aromatic nitrogens is 2. The van der Waals surface area contributed by atoms with E-state index in [2.05, 4.69) is 21.9 Å². The van der Waals surface area contributed by atoms with E-state index in [1.807, 2.05) is 30.1 Å². The molecule has 3 heterocycles. The average Bonchev–Trinajstić information content (AvgIpc) is 3.36. The lowest BCUT2D eigenvalue weighted by atomic mass is 9.97. The molecule has 236 valence electrons. The monoisotopic (exact) mass is 657 g/mol. The number of ether oxygens (including phenoxy) is 1. The van der Waals surface area contributed by atoms with Crippen LogP contribution in [0.25, 0.3) is 32.8 Å². The zero-order chi connectivity index (χ0) is 31.8. The van der Waals surface area contributed by atoms with Gasteiger partial charge in [0.2, 0.25) is 0 Å². The van der Waals surface area contributed by atoms with Crippen molar-refractivity contribution in [3.05, 3.63) is 70.7 Å². The minimum atomic E-state index is -0.995. The first-order valence-corrected chi connectivity index (χ1v) is 15.6. The topological polar surface area (TPSA) is 70.6 Å². The van der Waals surface area contributed by atoms with Crippen LogP contribution in [0.4, 0.5) is 19.0 Å². The molecule has 0 radical (unpaired) electrons. The number of rotatable bonds is 8. The summed E-state index contributed by atoms with van der Waals surface area (Å²) < 4.78 is 48.4. The number of amides is 1. The summed E-state index contributed by atoms with van der Waals surface area (Å²) in [6.45, 7) is 4.42. The standard InChI is InChI=1S/C33H32Cl2F3N5O2/c1-18(36)32(44)43-11-4-3-7-21(43)15-39-31-25-13-26(34)24(23-8-5-6-19-9-10-27(38)30(35)29(19)23)14-28(25)40-33(41-31)45-17-22-12-20(37)16-42(22)2/h5-6,8-10,13-14,20-22H,1,3-4,7,11-12,15-17H2,2H3,(H,39,40,41)/t20-,21+,22+/m1/s1. The van der Waals surface area contributed by atoms with Crippen LogP contribution in [0.3, 0.4) is 0 Å². The summed E-state index contributed by atoms with van der Waals surface area (Å²) in [5.74, 6) is -1.85. The van der Waals surface area contributed by atoms with Gasteiger partial charge < -0.3 is 15.0 Å². The fourth-order valence-corrected chi connectivity index (χ4v) is 6.83. The molecule has 1 N–H and O–H groups in total. The highest BCUT2D eigenvalue weighted by molar-refractivity contribution is 6.38. The van der Waals surface area contributed by atoms with Crippen molar-refractivity contribution < 1.29 is 22.7 Å². The summed E-state index contributed by atoms with van der Waals surface area (Å²) in [4.78, 5) is 25.2. The van der Waals surface area contributed by atoms with E-state index in [1.54, 1.807) is 18.2 Å². The summed E-state index contributed by atoms with van der Waals surface area (Å²) in [6.07, 6.45) is 1.77. The Morgan fingerprint density at radius 1 is 1.13 bits per heavy atom. The second-order valence-corrected chi connectivity index (χ2v) is 12.4. The molecule has 1 amide bonds. The van der Waals surface area contributed by atoms with Crippen molar-refractivity contribution in [3.8, 4) is 17.1 Å². The second kappa shape index (κ2) is 13.0. The van der Waals surface area contributed by atoms with E-state index in [9.17, 15) is 18.0 Å². The van der Waals surface area contributed by atoms with Crippen molar-refractivity contribution in [1.29, 1.82) is 0 Å². The lowest BCUT2D eigenvalue weighted by molar-refractivity contribution is -0.131. The third kappa shape index (κ3) is 6.41. The number of piperidine rings is 1. The lowest BCUT2D eigenvalue weighted by Crippen LogP contribution is -2.47. The molecule has 4 aromatic rings. The third-order valence-corrected chi connectivity index (χ3v) is 9.34. The van der Waals surface area contributed by atoms with Gasteiger partial charge in [-0.25, -0.2) is 13.2 Å². The van der Waals surface area contributed by atoms with Crippen LogP contribution in [0.15, 0.2) is 54.9 Å². The van der Waals surface area contributed by atoms with Gasteiger partial charge in [-0.05, 0) is 61.9 Å². The molecule has 6 rings (SSSR count). The number of likely N-dealkylation sites (tertiary alicyclic amines) is 2. The number of carbonyl (C=O) groups is 1. The van der Waals surface area contributed by atoms with Crippen LogP contribution in [-0.2, 0) is 4.79 Å².